The summed E-state index contributed by atoms with van der Waals surface area (Å²) in [5, 5.41) is 34.8. The van der Waals surface area contributed by atoms with Crippen molar-refractivity contribution < 1.29 is 130 Å². The maximum atomic E-state index is 13.8. The minimum Gasteiger partial charge on any atom is -0.544 e. The Labute approximate surface area is 924 Å². The topological polar surface area (TPSA) is 385 Å². The molecule has 0 unspecified atom stereocenters. The molecule has 2 spiro atoms. The fourth-order valence-electron chi connectivity index (χ4n) is 21.2. The Morgan fingerprint density at radius 2 is 0.608 bits per heavy atom. The van der Waals surface area contributed by atoms with Crippen molar-refractivity contribution in [3.63, 3.8) is 0 Å². The van der Waals surface area contributed by atoms with E-state index in [9.17, 15) is 68.1 Å². The van der Waals surface area contributed by atoms with Gasteiger partial charge in [-0.2, -0.15) is 0 Å². The fourth-order valence-corrected chi connectivity index (χ4v) is 30.1. The number of ketones is 1. The van der Waals surface area contributed by atoms with Crippen molar-refractivity contribution in [1.82, 2.24) is 0 Å². The van der Waals surface area contributed by atoms with Crippen LogP contribution in [0.4, 0.5) is 34.1 Å². The number of nitrogen functional groups attached to an aromatic ring is 1. The second-order valence-corrected chi connectivity index (χ2v) is 53.7. The van der Waals surface area contributed by atoms with Crippen LogP contribution in [-0.2, 0) is 66.6 Å². The Bertz CT molecular complexity index is 5250. The molecule has 17 rings (SSSR count). The third-order valence-electron chi connectivity index (χ3n) is 29.4. The van der Waals surface area contributed by atoms with Gasteiger partial charge < -0.3 is 93.4 Å². The van der Waals surface area contributed by atoms with Crippen molar-refractivity contribution in [2.75, 3.05) is 92.6 Å². The number of Topliss-reactive ketones (excluding diaryl/α,β-unsaturated/α-hetero) is 1. The van der Waals surface area contributed by atoms with E-state index in [1.54, 1.807) is 17.0 Å². The number of aliphatic hydroxyl groups excluding tert-OH is 2. The average molecular weight is 2480 g/mol. The number of nitrogens with two attached hydrogens (primary N) is 1. The third-order valence-corrected chi connectivity index (χ3v) is 39.1. The first-order valence-corrected chi connectivity index (χ1v) is 59.2. The molecular weight excluding hydrogens is 2340 g/mol. The number of aromatic carboxylic acids is 1. The molecule has 5 N–H and O–H groups in total. The van der Waals surface area contributed by atoms with Crippen molar-refractivity contribution >= 4 is 263 Å². The van der Waals surface area contributed by atoms with Gasteiger partial charge in [0.1, 0.15) is 30.2 Å². The molecule has 784 valence electrons. The van der Waals surface area contributed by atoms with Gasteiger partial charge in [-0.25, -0.2) is 24.0 Å². The van der Waals surface area contributed by atoms with Gasteiger partial charge in [0.05, 0.1) is 142 Å². The number of ether oxygens (including phenoxy) is 9. The summed E-state index contributed by atoms with van der Waals surface area (Å²) in [5.41, 5.74) is 9.20. The van der Waals surface area contributed by atoms with Crippen LogP contribution in [0, 0.1) is 47.3 Å². The predicted octanol–water partition coefficient (Wildman–Crippen LogP) is 20.5. The van der Waals surface area contributed by atoms with E-state index in [0.29, 0.717) is 177 Å². The van der Waals surface area contributed by atoms with Crippen molar-refractivity contribution in [3.05, 3.63) is 88.4 Å². The molecule has 2 saturated heterocycles. The standard InChI is InChI=1S/C22H30BrNO5S.C20H28BrNO4S.C20H26BrNO4S.C19H26BrNO4S.C14H18BrNO4S.C6H6BrNO2S.Li/c1-14-3-5-15(6-4-14)20(25)24(17-13-18(23)30-19(17)21(26)27-2)16-7-9-22(10-8-16)28-11-12-29-22;2*1-12-3-5-13(6-4-12)19(24)22(14-7-9-15(23)10-8-14)16-11-17(21)27-18(16)20(25)26-2;1-11-2-4-12(5-3-11)18(23)21(13-6-8-14(22)9-7-13)15-10-16(20)26-17(15)19(24)25;1-18-13(17)12-10(8-11(15)21-12)16-9-2-4-14(5-3-9)19-6-7-20-14;1-10-6(9)5-3(8)2-4(7)11-5;/h13-16H,3-12H2,1-2H3;11-15,23H,3-10H2,1-2H3;11-14H,3-10H2,1-2H3;10-14,22H,2-9H2,1H3,(H,24,25);8-9,16H,2-7H2,1H3;2H,8H2,1H3;/q;;;;;;+1/p-1. The van der Waals surface area contributed by atoms with Gasteiger partial charge in [-0.15, -0.1) is 68.0 Å². The van der Waals surface area contributed by atoms with E-state index in [1.807, 2.05) is 39.0 Å². The molecule has 0 atom stereocenters. The number of thiophene rings is 6. The number of esters is 5. The van der Waals surface area contributed by atoms with Crippen molar-refractivity contribution in [1.29, 1.82) is 0 Å². The number of anilines is 6. The average Bonchev–Trinajstić information content (AvgIpc) is 1.55. The molecule has 9 aliphatic carbocycles. The third kappa shape index (κ3) is 31.8. The number of hydrogen-bond donors (Lipinski definition) is 4. The van der Waals surface area contributed by atoms with Crippen molar-refractivity contribution in [2.24, 2.45) is 47.3 Å². The van der Waals surface area contributed by atoms with Gasteiger partial charge in [-0.05, 0) is 348 Å². The van der Waals surface area contributed by atoms with Gasteiger partial charge in [0, 0.05) is 92.4 Å². The predicted molar refractivity (Wildman–Crippen MR) is 573 cm³/mol. The number of carboxylic acids is 1. The van der Waals surface area contributed by atoms with E-state index in [4.69, 9.17) is 43.6 Å². The summed E-state index contributed by atoms with van der Waals surface area (Å²) in [6.07, 6.45) is 29.7. The van der Waals surface area contributed by atoms with Crippen LogP contribution >= 0.6 is 164 Å². The molecule has 6 aromatic heterocycles. The molecule has 0 bridgehead atoms. The molecule has 9 saturated carbocycles. The Morgan fingerprint density at radius 1 is 0.357 bits per heavy atom. The number of carbonyl (C=O) groups is 11. The maximum absolute atomic E-state index is 13.8. The van der Waals surface area contributed by atoms with E-state index in [2.05, 4.69) is 133 Å². The number of amides is 4. The Morgan fingerprint density at radius 3 is 0.909 bits per heavy atom. The number of nitrogens with zero attached hydrogens (tertiary/aromatic N) is 4. The number of rotatable bonds is 20. The number of halogens is 6. The first-order valence-electron chi connectivity index (χ1n) is 49.5. The van der Waals surface area contributed by atoms with Gasteiger partial charge in [0.2, 0.25) is 23.6 Å². The molecular formula is C101H133Br6LiN6O23S6. The second-order valence-electron chi connectivity index (χ2n) is 39.2. The monoisotopic (exact) mass is 2470 g/mol. The molecule has 6 aromatic rings. The Balaban J connectivity index is 0.000000166. The quantitative estimate of drug-likeness (QED) is 0.0313. The van der Waals surface area contributed by atoms with Crippen LogP contribution < -0.4 is 54.6 Å². The molecule has 2 aliphatic heterocycles. The molecule has 8 heterocycles. The van der Waals surface area contributed by atoms with Gasteiger partial charge >= 0.3 is 48.7 Å². The zero-order chi connectivity index (χ0) is 103. The molecule has 42 heteroatoms. The SMILES string of the molecule is CC1CCC(C(=O)N(c2cc(Br)sc2C(=O)[O-])C2CCC(O)CC2)CC1.COC(=O)c1sc(Br)cc1N.COC(=O)c1sc(Br)cc1N(C(=O)C1CCC(C)CC1)C1CCC(=O)CC1.COC(=O)c1sc(Br)cc1N(C(=O)C1CCC(C)CC1)C1CCC(O)CC1.COC(=O)c1sc(Br)cc1N(C(=O)C1CCC(C)CC1)C1CCC2(CC1)OCCO2.COC(=O)c1sc(Br)cc1NC1CCC2(CC1)OCCO2.[Li+]. The van der Waals surface area contributed by atoms with Crippen LogP contribution in [0.2, 0.25) is 0 Å². The van der Waals surface area contributed by atoms with E-state index in [-0.39, 0.29) is 125 Å². The Kier molecular flexibility index (Phi) is 46.6. The summed E-state index contributed by atoms with van der Waals surface area (Å²) in [4.78, 5) is 147. The van der Waals surface area contributed by atoms with Gasteiger partial charge in [0.15, 0.2) is 11.6 Å². The van der Waals surface area contributed by atoms with Crippen LogP contribution in [0.3, 0.4) is 0 Å². The normalized spacial score (nSPS) is 25.1. The summed E-state index contributed by atoms with van der Waals surface area (Å²) >= 11 is 28.1. The van der Waals surface area contributed by atoms with Crippen LogP contribution in [0.1, 0.15) is 317 Å². The van der Waals surface area contributed by atoms with E-state index in [0.717, 1.165) is 203 Å². The molecule has 11 aliphatic rings. The number of hydrogen-bond acceptors (Lipinski definition) is 31. The largest absolute Gasteiger partial charge is 1.00 e. The molecule has 0 aromatic carbocycles. The smallest absolute Gasteiger partial charge is 0.544 e. The number of methoxy groups -OCH3 is 5. The zero-order valence-electron chi connectivity index (χ0n) is 83.0. The zero-order valence-corrected chi connectivity index (χ0v) is 97.4. The van der Waals surface area contributed by atoms with Gasteiger partial charge in [-0.1, -0.05) is 27.7 Å². The Hall–Kier alpha value is -4.59. The minimum atomic E-state index is -1.25. The van der Waals surface area contributed by atoms with Crippen LogP contribution in [0.25, 0.3) is 0 Å². The van der Waals surface area contributed by atoms with Crippen LogP contribution in [-0.4, -0.2) is 191 Å². The van der Waals surface area contributed by atoms with Crippen LogP contribution in [0.15, 0.2) is 59.1 Å². The molecule has 143 heavy (non-hydrogen) atoms. The van der Waals surface area contributed by atoms with Crippen LogP contribution in [0.5, 0.6) is 0 Å². The number of carbonyl (C=O) groups excluding carboxylic acids is 11. The van der Waals surface area contributed by atoms with Crippen molar-refractivity contribution in [3.8, 4) is 0 Å². The van der Waals surface area contributed by atoms with E-state index in [1.165, 1.54) is 92.2 Å². The fraction of sp³-hybridized carbons (Fsp3) is 0.653. The summed E-state index contributed by atoms with van der Waals surface area (Å²) in [6.45, 7) is 11.6. The minimum absolute atomic E-state index is 0. The number of nitrogens with one attached hydrogen (secondary N) is 1. The summed E-state index contributed by atoms with van der Waals surface area (Å²) < 4.78 is 52.3. The summed E-state index contributed by atoms with van der Waals surface area (Å²) in [5.74, 6) is -0.734. The van der Waals surface area contributed by atoms with Crippen molar-refractivity contribution in [2.45, 2.75) is 313 Å². The second kappa shape index (κ2) is 56.1. The number of carboxylic acid groups (broad SMARTS) is 1. The number of aliphatic hydroxyl groups is 2. The first-order chi connectivity index (χ1) is 67.9. The van der Waals surface area contributed by atoms with E-state index < -0.39 is 35.6 Å². The molecule has 4 amide bonds. The van der Waals surface area contributed by atoms with Gasteiger partial charge in [0.25, 0.3) is 0 Å². The maximum Gasteiger partial charge on any atom is 1.00 e. The molecule has 11 fully saturated rings. The van der Waals surface area contributed by atoms with Gasteiger partial charge in [-0.3, -0.25) is 24.0 Å². The summed E-state index contributed by atoms with van der Waals surface area (Å²) in [6, 6.07) is 11.2. The molecule has 29 nitrogen and oxygen atoms in total. The molecule has 0 radical (unpaired) electrons. The first kappa shape index (κ1) is 119. The van der Waals surface area contributed by atoms with E-state index >= 15 is 0 Å². The summed E-state index contributed by atoms with van der Waals surface area (Å²) in [7, 11) is 6.83.